The van der Waals surface area contributed by atoms with Crippen molar-refractivity contribution >= 4 is 5.97 Å². The Hall–Kier alpha value is -1.87. The van der Waals surface area contributed by atoms with Crippen molar-refractivity contribution in [1.29, 1.82) is 0 Å². The Morgan fingerprint density at radius 2 is 1.70 bits per heavy atom. The van der Waals surface area contributed by atoms with Gasteiger partial charge in [0.15, 0.2) is 0 Å². The zero-order chi connectivity index (χ0) is 17.2. The van der Waals surface area contributed by atoms with Crippen LogP contribution in [-0.4, -0.2) is 22.3 Å². The standard InChI is InChI=1S/C20H30O3/c1-2-3-4-5-6-7-8-10-13-16-19(21)17-14-11-9-12-15-18-20(22)23/h6-7,9-11,13-15,17-19,21H,2-5,8,12,16H2,1H3,(H,22,23)/b7-6-,11-9+,13-10-,17-14-,18-15-. The molecule has 0 saturated carbocycles. The van der Waals surface area contributed by atoms with Crippen molar-refractivity contribution in [3.8, 4) is 0 Å². The summed E-state index contributed by atoms with van der Waals surface area (Å²) in [4.78, 5) is 10.2. The number of rotatable bonds is 13. The number of aliphatic hydroxyl groups excluding tert-OH is 1. The maximum atomic E-state index is 10.2. The molecule has 0 aliphatic rings. The van der Waals surface area contributed by atoms with E-state index in [-0.39, 0.29) is 0 Å². The van der Waals surface area contributed by atoms with Gasteiger partial charge in [0.1, 0.15) is 0 Å². The molecule has 23 heavy (non-hydrogen) atoms. The molecule has 0 aromatic carbocycles. The van der Waals surface area contributed by atoms with Crippen molar-refractivity contribution in [3.05, 3.63) is 60.8 Å². The molecule has 0 heterocycles. The number of carboxylic acid groups (broad SMARTS) is 1. The minimum atomic E-state index is -0.938. The number of unbranched alkanes of at least 4 members (excludes halogenated alkanes) is 3. The summed E-state index contributed by atoms with van der Waals surface area (Å²) < 4.78 is 0. The van der Waals surface area contributed by atoms with Gasteiger partial charge >= 0.3 is 5.97 Å². The number of hydrogen-bond donors (Lipinski definition) is 2. The summed E-state index contributed by atoms with van der Waals surface area (Å²) in [7, 11) is 0. The van der Waals surface area contributed by atoms with E-state index in [1.165, 1.54) is 19.3 Å². The van der Waals surface area contributed by atoms with Crippen molar-refractivity contribution in [2.24, 2.45) is 0 Å². The Morgan fingerprint density at radius 1 is 0.957 bits per heavy atom. The Labute approximate surface area is 140 Å². The van der Waals surface area contributed by atoms with Crippen LogP contribution in [0.2, 0.25) is 0 Å². The Morgan fingerprint density at radius 3 is 2.43 bits per heavy atom. The second kappa shape index (κ2) is 16.5. The highest BCUT2D eigenvalue weighted by Gasteiger charge is 1.92. The number of allylic oxidation sites excluding steroid dienone is 7. The molecular formula is C20H30O3. The van der Waals surface area contributed by atoms with Crippen molar-refractivity contribution in [2.75, 3.05) is 0 Å². The van der Waals surface area contributed by atoms with Gasteiger partial charge in [-0.1, -0.05) is 74.4 Å². The third kappa shape index (κ3) is 18.1. The third-order valence-corrected chi connectivity index (χ3v) is 3.07. The molecule has 3 nitrogen and oxygen atoms in total. The Balaban J connectivity index is 3.70. The Kier molecular flexibility index (Phi) is 15.2. The summed E-state index contributed by atoms with van der Waals surface area (Å²) in [5.74, 6) is -0.938. The summed E-state index contributed by atoms with van der Waals surface area (Å²) >= 11 is 0. The van der Waals surface area contributed by atoms with Gasteiger partial charge in [0.25, 0.3) is 0 Å². The molecule has 0 radical (unpaired) electrons. The van der Waals surface area contributed by atoms with E-state index < -0.39 is 12.1 Å². The highest BCUT2D eigenvalue weighted by Crippen LogP contribution is 2.01. The van der Waals surface area contributed by atoms with Crippen LogP contribution in [0.4, 0.5) is 0 Å². The van der Waals surface area contributed by atoms with E-state index in [0.29, 0.717) is 12.8 Å². The molecule has 1 unspecified atom stereocenters. The van der Waals surface area contributed by atoms with Crippen LogP contribution in [0.3, 0.4) is 0 Å². The van der Waals surface area contributed by atoms with Gasteiger partial charge in [-0.15, -0.1) is 0 Å². The summed E-state index contributed by atoms with van der Waals surface area (Å²) in [5, 5.41) is 18.1. The van der Waals surface area contributed by atoms with E-state index in [9.17, 15) is 9.90 Å². The van der Waals surface area contributed by atoms with Crippen LogP contribution in [0.5, 0.6) is 0 Å². The largest absolute Gasteiger partial charge is 0.478 e. The molecule has 0 amide bonds. The summed E-state index contributed by atoms with van der Waals surface area (Å²) in [6.07, 6.45) is 24.8. The van der Waals surface area contributed by atoms with E-state index in [1.54, 1.807) is 24.3 Å². The van der Waals surface area contributed by atoms with Crippen molar-refractivity contribution in [2.45, 2.75) is 58.0 Å². The van der Waals surface area contributed by atoms with E-state index >= 15 is 0 Å². The predicted molar refractivity (Wildman–Crippen MR) is 97.3 cm³/mol. The van der Waals surface area contributed by atoms with Crippen LogP contribution in [0.1, 0.15) is 51.9 Å². The van der Waals surface area contributed by atoms with Crippen LogP contribution in [0, 0.1) is 0 Å². The maximum absolute atomic E-state index is 10.2. The molecular weight excluding hydrogens is 288 g/mol. The van der Waals surface area contributed by atoms with Gasteiger partial charge in [0, 0.05) is 6.08 Å². The molecule has 2 N–H and O–H groups in total. The van der Waals surface area contributed by atoms with E-state index in [4.69, 9.17) is 5.11 Å². The van der Waals surface area contributed by atoms with Crippen molar-refractivity contribution in [1.82, 2.24) is 0 Å². The van der Waals surface area contributed by atoms with Gasteiger partial charge < -0.3 is 10.2 Å². The lowest BCUT2D eigenvalue weighted by Crippen LogP contribution is -1.98. The van der Waals surface area contributed by atoms with Crippen LogP contribution < -0.4 is 0 Å². The maximum Gasteiger partial charge on any atom is 0.327 e. The second-order valence-electron chi connectivity index (χ2n) is 5.27. The number of carbonyl (C=O) groups is 1. The SMILES string of the molecule is CCCCC/C=C\C/C=C\CC(O)/C=C\C=C\C/C=C\C(=O)O. The molecule has 128 valence electrons. The predicted octanol–water partition coefficient (Wildman–Crippen LogP) is 4.96. The second-order valence-corrected chi connectivity index (χ2v) is 5.27. The molecule has 3 heteroatoms. The van der Waals surface area contributed by atoms with Gasteiger partial charge in [-0.2, -0.15) is 0 Å². The van der Waals surface area contributed by atoms with Gasteiger partial charge in [-0.25, -0.2) is 4.79 Å². The summed E-state index contributed by atoms with van der Waals surface area (Å²) in [6, 6.07) is 0. The first-order valence-electron chi connectivity index (χ1n) is 8.37. The molecule has 1 atom stereocenters. The summed E-state index contributed by atoms with van der Waals surface area (Å²) in [6.45, 7) is 2.21. The van der Waals surface area contributed by atoms with Crippen LogP contribution >= 0.6 is 0 Å². The zero-order valence-electron chi connectivity index (χ0n) is 14.1. The lowest BCUT2D eigenvalue weighted by Gasteiger charge is -1.98. The number of aliphatic hydroxyl groups is 1. The van der Waals surface area contributed by atoms with Gasteiger partial charge in [0.2, 0.25) is 0 Å². The average Bonchev–Trinajstić information content (AvgIpc) is 2.52. The third-order valence-electron chi connectivity index (χ3n) is 3.07. The molecule has 0 aromatic heterocycles. The fourth-order valence-electron chi connectivity index (χ4n) is 1.81. The van der Waals surface area contributed by atoms with E-state index in [0.717, 1.165) is 18.9 Å². The quantitative estimate of drug-likeness (QED) is 0.218. The Bertz CT molecular complexity index is 428. The molecule has 0 bridgehead atoms. The topological polar surface area (TPSA) is 57.5 Å². The van der Waals surface area contributed by atoms with E-state index in [1.807, 2.05) is 12.2 Å². The fraction of sp³-hybridized carbons (Fsp3) is 0.450. The fourth-order valence-corrected chi connectivity index (χ4v) is 1.81. The monoisotopic (exact) mass is 318 g/mol. The molecule has 0 aromatic rings. The minimum absolute atomic E-state index is 0.487. The summed E-state index contributed by atoms with van der Waals surface area (Å²) in [5.41, 5.74) is 0. The first-order valence-corrected chi connectivity index (χ1v) is 8.37. The van der Waals surface area contributed by atoms with Crippen molar-refractivity contribution < 1.29 is 15.0 Å². The average molecular weight is 318 g/mol. The molecule has 0 aliphatic carbocycles. The zero-order valence-corrected chi connectivity index (χ0v) is 14.1. The lowest BCUT2D eigenvalue weighted by molar-refractivity contribution is -0.131. The molecule has 0 saturated heterocycles. The molecule has 0 rings (SSSR count). The number of aliphatic carboxylic acids is 1. The first kappa shape index (κ1) is 21.1. The molecule has 0 spiro atoms. The van der Waals surface area contributed by atoms with Gasteiger partial charge in [-0.05, 0) is 32.1 Å². The number of carboxylic acids is 1. The minimum Gasteiger partial charge on any atom is -0.478 e. The lowest BCUT2D eigenvalue weighted by atomic mass is 10.2. The normalized spacial score (nSPS) is 14.2. The van der Waals surface area contributed by atoms with Gasteiger partial charge in [0.05, 0.1) is 6.10 Å². The number of hydrogen-bond acceptors (Lipinski definition) is 2. The van der Waals surface area contributed by atoms with Gasteiger partial charge in [-0.3, -0.25) is 0 Å². The van der Waals surface area contributed by atoms with Crippen molar-refractivity contribution in [3.63, 3.8) is 0 Å². The highest BCUT2D eigenvalue weighted by atomic mass is 16.4. The smallest absolute Gasteiger partial charge is 0.327 e. The first-order chi connectivity index (χ1) is 11.2. The molecule has 0 fully saturated rings. The van der Waals surface area contributed by atoms with Crippen LogP contribution in [0.15, 0.2) is 60.8 Å². The van der Waals surface area contributed by atoms with Crippen LogP contribution in [-0.2, 0) is 4.79 Å². The van der Waals surface area contributed by atoms with E-state index in [2.05, 4.69) is 25.2 Å². The highest BCUT2D eigenvalue weighted by molar-refractivity contribution is 5.79. The molecule has 0 aliphatic heterocycles. The van der Waals surface area contributed by atoms with Crippen LogP contribution in [0.25, 0.3) is 0 Å².